The lowest BCUT2D eigenvalue weighted by atomic mass is 10.1. The summed E-state index contributed by atoms with van der Waals surface area (Å²) in [6.45, 7) is 1.80. The van der Waals surface area contributed by atoms with E-state index >= 15 is 0 Å². The minimum absolute atomic E-state index is 0.178. The standard InChI is InChI=1S/C11H10N2O3/c1-6-3-7-4-8(11(14)15)5-9(16-2)10(7)13-12-6/h3-5H,1-2H3,(H,14,15). The van der Waals surface area contributed by atoms with Crippen LogP contribution >= 0.6 is 0 Å². The maximum Gasteiger partial charge on any atom is 0.335 e. The third-order valence-electron chi connectivity index (χ3n) is 2.24. The van der Waals surface area contributed by atoms with Gasteiger partial charge in [0.05, 0.1) is 18.4 Å². The van der Waals surface area contributed by atoms with Gasteiger partial charge >= 0.3 is 5.97 Å². The zero-order chi connectivity index (χ0) is 11.7. The van der Waals surface area contributed by atoms with E-state index in [0.717, 1.165) is 5.69 Å². The number of rotatable bonds is 2. The molecule has 0 aliphatic rings. The summed E-state index contributed by atoms with van der Waals surface area (Å²) >= 11 is 0. The highest BCUT2D eigenvalue weighted by molar-refractivity contribution is 5.95. The molecule has 82 valence electrons. The SMILES string of the molecule is COc1cc(C(=O)O)cc2cc(C)nnc12. The summed E-state index contributed by atoms with van der Waals surface area (Å²) in [6.07, 6.45) is 0. The predicted octanol–water partition coefficient (Wildman–Crippen LogP) is 1.65. The Labute approximate surface area is 91.7 Å². The summed E-state index contributed by atoms with van der Waals surface area (Å²) < 4.78 is 5.09. The van der Waals surface area contributed by atoms with Crippen LogP contribution in [0.3, 0.4) is 0 Å². The minimum Gasteiger partial charge on any atom is -0.494 e. The smallest absolute Gasteiger partial charge is 0.335 e. The highest BCUT2D eigenvalue weighted by atomic mass is 16.5. The van der Waals surface area contributed by atoms with E-state index in [9.17, 15) is 4.79 Å². The first-order valence-electron chi connectivity index (χ1n) is 4.67. The molecular weight excluding hydrogens is 208 g/mol. The molecule has 0 fully saturated rings. The largest absolute Gasteiger partial charge is 0.494 e. The average molecular weight is 218 g/mol. The quantitative estimate of drug-likeness (QED) is 0.829. The Bertz CT molecular complexity index is 566. The van der Waals surface area contributed by atoms with E-state index in [2.05, 4.69) is 10.2 Å². The Morgan fingerprint density at radius 1 is 1.31 bits per heavy atom. The molecule has 0 aliphatic heterocycles. The van der Waals surface area contributed by atoms with Crippen molar-refractivity contribution in [3.63, 3.8) is 0 Å². The topological polar surface area (TPSA) is 72.3 Å². The number of carboxylic acid groups (broad SMARTS) is 1. The molecule has 1 aromatic heterocycles. The monoisotopic (exact) mass is 218 g/mol. The third kappa shape index (κ3) is 1.67. The van der Waals surface area contributed by atoms with Crippen LogP contribution < -0.4 is 4.74 Å². The number of aromatic carboxylic acids is 1. The van der Waals surface area contributed by atoms with E-state index in [0.29, 0.717) is 16.7 Å². The number of fused-ring (bicyclic) bond motifs is 1. The van der Waals surface area contributed by atoms with Gasteiger partial charge in [-0.25, -0.2) is 4.79 Å². The number of hydrogen-bond acceptors (Lipinski definition) is 4. The van der Waals surface area contributed by atoms with E-state index in [1.807, 2.05) is 0 Å². The summed E-state index contributed by atoms with van der Waals surface area (Å²) in [5.74, 6) is -0.572. The Morgan fingerprint density at radius 2 is 2.06 bits per heavy atom. The molecule has 2 rings (SSSR count). The first-order chi connectivity index (χ1) is 7.61. The van der Waals surface area contributed by atoms with Crippen molar-refractivity contribution in [1.29, 1.82) is 0 Å². The molecule has 1 N–H and O–H groups in total. The summed E-state index contributed by atoms with van der Waals surface area (Å²) in [7, 11) is 1.47. The van der Waals surface area contributed by atoms with Gasteiger partial charge in [0.1, 0.15) is 11.3 Å². The van der Waals surface area contributed by atoms with Crippen molar-refractivity contribution in [2.45, 2.75) is 6.92 Å². The van der Waals surface area contributed by atoms with Crippen LogP contribution in [0.25, 0.3) is 10.9 Å². The fourth-order valence-corrected chi connectivity index (χ4v) is 1.51. The highest BCUT2D eigenvalue weighted by Crippen LogP contribution is 2.25. The number of nitrogens with zero attached hydrogens (tertiary/aromatic N) is 2. The molecule has 0 unspecified atom stereocenters. The van der Waals surface area contributed by atoms with Gasteiger partial charge in [0, 0.05) is 5.39 Å². The van der Waals surface area contributed by atoms with Gasteiger partial charge in [0.25, 0.3) is 0 Å². The first-order valence-corrected chi connectivity index (χ1v) is 4.67. The fourth-order valence-electron chi connectivity index (χ4n) is 1.51. The maximum atomic E-state index is 10.9. The van der Waals surface area contributed by atoms with Gasteiger partial charge in [-0.3, -0.25) is 0 Å². The van der Waals surface area contributed by atoms with Crippen LogP contribution in [0, 0.1) is 6.92 Å². The van der Waals surface area contributed by atoms with Crippen molar-refractivity contribution in [3.8, 4) is 5.75 Å². The van der Waals surface area contributed by atoms with Gasteiger partial charge in [-0.05, 0) is 25.1 Å². The molecular formula is C11H10N2O3. The van der Waals surface area contributed by atoms with Crippen molar-refractivity contribution < 1.29 is 14.6 Å². The number of hydrogen-bond donors (Lipinski definition) is 1. The number of ether oxygens (including phenoxy) is 1. The number of carbonyl (C=O) groups is 1. The number of benzene rings is 1. The molecule has 0 bridgehead atoms. The molecule has 1 aromatic carbocycles. The Kier molecular flexibility index (Phi) is 2.44. The second-order valence-electron chi connectivity index (χ2n) is 3.41. The lowest BCUT2D eigenvalue weighted by molar-refractivity contribution is 0.0696. The van der Waals surface area contributed by atoms with Crippen LogP contribution in [0.4, 0.5) is 0 Å². The lowest BCUT2D eigenvalue weighted by Crippen LogP contribution is -1.99. The van der Waals surface area contributed by atoms with Crippen molar-refractivity contribution in [2.24, 2.45) is 0 Å². The second kappa shape index (κ2) is 3.77. The second-order valence-corrected chi connectivity index (χ2v) is 3.41. The van der Waals surface area contributed by atoms with Gasteiger partial charge < -0.3 is 9.84 Å². The van der Waals surface area contributed by atoms with E-state index in [4.69, 9.17) is 9.84 Å². The maximum absolute atomic E-state index is 10.9. The molecule has 0 radical (unpaired) electrons. The first kappa shape index (κ1) is 10.4. The zero-order valence-electron chi connectivity index (χ0n) is 8.89. The molecule has 0 spiro atoms. The van der Waals surface area contributed by atoms with Gasteiger partial charge in [-0.2, -0.15) is 5.10 Å². The minimum atomic E-state index is -0.991. The van der Waals surface area contributed by atoms with Gasteiger partial charge in [0.15, 0.2) is 0 Å². The van der Waals surface area contributed by atoms with Gasteiger partial charge in [0.2, 0.25) is 0 Å². The lowest BCUT2D eigenvalue weighted by Gasteiger charge is -2.06. The molecule has 5 heteroatoms. The van der Waals surface area contributed by atoms with Crippen LogP contribution in [0.5, 0.6) is 5.75 Å². The zero-order valence-corrected chi connectivity index (χ0v) is 8.89. The molecule has 0 saturated heterocycles. The third-order valence-corrected chi connectivity index (χ3v) is 2.24. The number of aryl methyl sites for hydroxylation is 1. The number of carboxylic acids is 1. The van der Waals surface area contributed by atoms with Crippen LogP contribution in [-0.4, -0.2) is 28.4 Å². The van der Waals surface area contributed by atoms with Crippen molar-refractivity contribution >= 4 is 16.9 Å². The molecule has 2 aromatic rings. The van der Waals surface area contributed by atoms with E-state index in [-0.39, 0.29) is 5.56 Å². The molecule has 0 saturated carbocycles. The number of aromatic nitrogens is 2. The van der Waals surface area contributed by atoms with E-state index in [1.54, 1.807) is 19.1 Å². The van der Waals surface area contributed by atoms with Crippen molar-refractivity contribution in [3.05, 3.63) is 29.5 Å². The Balaban J connectivity index is 2.78. The van der Waals surface area contributed by atoms with Crippen LogP contribution in [0.15, 0.2) is 18.2 Å². The summed E-state index contributed by atoms with van der Waals surface area (Å²) in [5, 5.41) is 17.6. The van der Waals surface area contributed by atoms with E-state index < -0.39 is 5.97 Å². The van der Waals surface area contributed by atoms with E-state index in [1.165, 1.54) is 13.2 Å². The molecule has 16 heavy (non-hydrogen) atoms. The Morgan fingerprint density at radius 3 is 2.69 bits per heavy atom. The van der Waals surface area contributed by atoms with Crippen molar-refractivity contribution in [2.75, 3.05) is 7.11 Å². The summed E-state index contributed by atoms with van der Waals surface area (Å²) in [5.41, 5.74) is 1.48. The van der Waals surface area contributed by atoms with Crippen molar-refractivity contribution in [1.82, 2.24) is 10.2 Å². The van der Waals surface area contributed by atoms with Crippen LogP contribution in [0.2, 0.25) is 0 Å². The van der Waals surface area contributed by atoms with Gasteiger partial charge in [-0.15, -0.1) is 5.10 Å². The predicted molar refractivity (Wildman–Crippen MR) is 57.8 cm³/mol. The summed E-state index contributed by atoms with van der Waals surface area (Å²) in [4.78, 5) is 10.9. The van der Waals surface area contributed by atoms with Crippen LogP contribution in [-0.2, 0) is 0 Å². The molecule has 5 nitrogen and oxygen atoms in total. The normalized spacial score (nSPS) is 10.4. The molecule has 0 amide bonds. The Hall–Kier alpha value is -2.17. The summed E-state index contributed by atoms with van der Waals surface area (Å²) in [6, 6.07) is 4.77. The van der Waals surface area contributed by atoms with Gasteiger partial charge in [-0.1, -0.05) is 0 Å². The average Bonchev–Trinajstić information content (AvgIpc) is 2.26. The number of methoxy groups -OCH3 is 1. The molecule has 0 atom stereocenters. The molecule has 1 heterocycles. The fraction of sp³-hybridized carbons (Fsp3) is 0.182. The highest BCUT2D eigenvalue weighted by Gasteiger charge is 2.10. The van der Waals surface area contributed by atoms with Crippen LogP contribution in [0.1, 0.15) is 16.1 Å². The molecule has 0 aliphatic carbocycles.